The second-order valence-corrected chi connectivity index (χ2v) is 7.53. The van der Waals surface area contributed by atoms with Crippen LogP contribution in [0.15, 0.2) is 36.4 Å². The largest absolute Gasteiger partial charge is 0.334 e. The van der Waals surface area contributed by atoms with Crippen molar-refractivity contribution in [3.8, 4) is 0 Å². The first-order valence-corrected chi connectivity index (χ1v) is 9.49. The van der Waals surface area contributed by atoms with Crippen LogP contribution in [0.4, 0.5) is 0 Å². The molecule has 0 aromatic heterocycles. The van der Waals surface area contributed by atoms with Crippen LogP contribution < -0.4 is 0 Å². The van der Waals surface area contributed by atoms with Crippen LogP contribution in [0, 0.1) is 0 Å². The first-order chi connectivity index (χ1) is 11.7. The zero-order valence-corrected chi connectivity index (χ0v) is 14.8. The zero-order valence-electron chi connectivity index (χ0n) is 14.8. The molecule has 128 valence electrons. The van der Waals surface area contributed by atoms with Gasteiger partial charge in [-0.05, 0) is 43.7 Å². The number of piperazine rings is 1. The first-order valence-electron chi connectivity index (χ1n) is 9.49. The molecule has 0 aliphatic carbocycles. The van der Waals surface area contributed by atoms with Gasteiger partial charge < -0.3 is 4.90 Å². The van der Waals surface area contributed by atoms with Crippen molar-refractivity contribution >= 4 is 11.5 Å². The summed E-state index contributed by atoms with van der Waals surface area (Å²) in [5.41, 5.74) is 2.67. The van der Waals surface area contributed by atoms with E-state index >= 15 is 0 Å². The minimum atomic E-state index is 0.370. The quantitative estimate of drug-likeness (QED) is 0.843. The van der Waals surface area contributed by atoms with E-state index in [0.29, 0.717) is 36.5 Å². The molecule has 4 bridgehead atoms. The molecular weight excluding hydrogens is 296 g/mol. The molecule has 3 aliphatic rings. The summed E-state index contributed by atoms with van der Waals surface area (Å²) in [6.45, 7) is 5.24. The Labute approximate surface area is 145 Å². The van der Waals surface area contributed by atoms with Crippen molar-refractivity contribution < 1.29 is 4.79 Å². The van der Waals surface area contributed by atoms with E-state index in [1.165, 1.54) is 36.8 Å². The van der Waals surface area contributed by atoms with Crippen LogP contribution in [0.25, 0.3) is 5.57 Å². The van der Waals surface area contributed by atoms with E-state index in [-0.39, 0.29) is 0 Å². The maximum atomic E-state index is 12.4. The van der Waals surface area contributed by atoms with Crippen LogP contribution in [0.3, 0.4) is 0 Å². The number of benzene rings is 1. The SMILES string of the molecule is CCC(=O)N1[C@H]2CC[C@H]1[C@H]1CC[C@H]2N1C/C=C(\C)c1ccccc1. The van der Waals surface area contributed by atoms with E-state index < -0.39 is 0 Å². The second kappa shape index (κ2) is 6.36. The summed E-state index contributed by atoms with van der Waals surface area (Å²) in [4.78, 5) is 17.4. The van der Waals surface area contributed by atoms with Crippen molar-refractivity contribution in [3.05, 3.63) is 42.0 Å². The highest BCUT2D eigenvalue weighted by molar-refractivity contribution is 5.77. The lowest BCUT2D eigenvalue weighted by molar-refractivity contribution is -0.139. The average Bonchev–Trinajstić information content (AvgIpc) is 3.14. The lowest BCUT2D eigenvalue weighted by Gasteiger charge is -2.46. The van der Waals surface area contributed by atoms with Crippen LogP contribution in [-0.4, -0.2) is 46.4 Å². The smallest absolute Gasteiger partial charge is 0.222 e. The molecule has 3 nitrogen and oxygen atoms in total. The van der Waals surface area contributed by atoms with Gasteiger partial charge in [-0.15, -0.1) is 0 Å². The number of hydrogen-bond acceptors (Lipinski definition) is 2. The first kappa shape index (κ1) is 15.9. The third-order valence-corrected chi connectivity index (χ3v) is 6.40. The van der Waals surface area contributed by atoms with Gasteiger partial charge in [-0.25, -0.2) is 0 Å². The number of carbonyl (C=O) groups is 1. The lowest BCUT2D eigenvalue weighted by atomic mass is 10.0. The van der Waals surface area contributed by atoms with Crippen LogP contribution in [0.2, 0.25) is 0 Å². The van der Waals surface area contributed by atoms with Crippen LogP contribution >= 0.6 is 0 Å². The minimum Gasteiger partial charge on any atom is -0.334 e. The predicted molar refractivity (Wildman–Crippen MR) is 97.6 cm³/mol. The summed E-state index contributed by atoms with van der Waals surface area (Å²) in [5.74, 6) is 0.370. The summed E-state index contributed by atoms with van der Waals surface area (Å²) in [5, 5.41) is 0. The third-order valence-electron chi connectivity index (χ3n) is 6.40. The molecule has 1 amide bonds. The van der Waals surface area contributed by atoms with Crippen LogP contribution in [-0.2, 0) is 4.79 Å². The molecule has 4 atom stereocenters. The summed E-state index contributed by atoms with van der Waals surface area (Å²) >= 11 is 0. The Morgan fingerprint density at radius 3 is 2.21 bits per heavy atom. The molecule has 1 aromatic carbocycles. The van der Waals surface area contributed by atoms with Gasteiger partial charge in [-0.2, -0.15) is 0 Å². The van der Waals surface area contributed by atoms with Gasteiger partial charge in [0.1, 0.15) is 0 Å². The zero-order chi connectivity index (χ0) is 16.7. The van der Waals surface area contributed by atoms with Crippen LogP contribution in [0.1, 0.15) is 51.5 Å². The molecule has 1 aromatic rings. The van der Waals surface area contributed by atoms with Gasteiger partial charge >= 0.3 is 0 Å². The monoisotopic (exact) mass is 324 g/mol. The summed E-state index contributed by atoms with van der Waals surface area (Å²) in [6.07, 6.45) is 7.97. The number of rotatable bonds is 4. The van der Waals surface area contributed by atoms with Crippen molar-refractivity contribution in [2.45, 2.75) is 70.1 Å². The molecule has 0 radical (unpaired) electrons. The standard InChI is InChI=1S/C21H28N2O/c1-3-21(24)23-19-11-12-20(23)18-10-9-17(19)22(18)14-13-15(2)16-7-5-4-6-8-16/h4-8,13,17-20H,3,9-12,14H2,1-2H3/b15-13+/t17-,18-,19+,20+/m1/s1. The maximum absolute atomic E-state index is 12.4. The van der Waals surface area contributed by atoms with Crippen molar-refractivity contribution in [2.75, 3.05) is 6.54 Å². The molecular formula is C21H28N2O. The van der Waals surface area contributed by atoms with E-state index in [1.807, 2.05) is 6.92 Å². The van der Waals surface area contributed by atoms with Gasteiger partial charge in [0.2, 0.25) is 5.91 Å². The summed E-state index contributed by atoms with van der Waals surface area (Å²) < 4.78 is 0. The highest BCUT2D eigenvalue weighted by atomic mass is 16.2. The van der Waals surface area contributed by atoms with E-state index in [1.54, 1.807) is 0 Å². The Morgan fingerprint density at radius 1 is 1.04 bits per heavy atom. The number of fused-ring (bicyclic) bond motifs is 6. The third kappa shape index (κ3) is 2.50. The van der Waals surface area contributed by atoms with E-state index in [2.05, 4.69) is 53.1 Å². The second-order valence-electron chi connectivity index (χ2n) is 7.53. The Balaban J connectivity index is 1.52. The number of amides is 1. The highest BCUT2D eigenvalue weighted by Crippen LogP contribution is 2.45. The van der Waals surface area contributed by atoms with Crippen molar-refractivity contribution in [3.63, 3.8) is 0 Å². The topological polar surface area (TPSA) is 23.6 Å². The van der Waals surface area contributed by atoms with Crippen molar-refractivity contribution in [1.82, 2.24) is 9.80 Å². The summed E-state index contributed by atoms with van der Waals surface area (Å²) in [7, 11) is 0. The maximum Gasteiger partial charge on any atom is 0.222 e. The highest BCUT2D eigenvalue weighted by Gasteiger charge is 2.55. The average molecular weight is 324 g/mol. The number of hydrogen-bond donors (Lipinski definition) is 0. The van der Waals surface area contributed by atoms with Gasteiger partial charge in [0.25, 0.3) is 0 Å². The van der Waals surface area contributed by atoms with Gasteiger partial charge in [0.05, 0.1) is 0 Å². The fourth-order valence-corrected chi connectivity index (χ4v) is 5.25. The molecule has 3 heterocycles. The molecule has 0 N–H and O–H groups in total. The molecule has 0 saturated carbocycles. The Morgan fingerprint density at radius 2 is 1.62 bits per heavy atom. The van der Waals surface area contributed by atoms with Gasteiger partial charge in [-0.3, -0.25) is 9.69 Å². The normalized spacial score (nSPS) is 32.4. The number of carbonyl (C=O) groups excluding carboxylic acids is 1. The molecule has 4 rings (SSSR count). The van der Waals surface area contributed by atoms with E-state index in [0.717, 1.165) is 6.54 Å². The molecule has 24 heavy (non-hydrogen) atoms. The van der Waals surface area contributed by atoms with E-state index in [9.17, 15) is 4.79 Å². The number of nitrogens with zero attached hydrogens (tertiary/aromatic N) is 2. The number of allylic oxidation sites excluding steroid dienone is 1. The predicted octanol–water partition coefficient (Wildman–Crippen LogP) is 3.71. The molecule has 3 saturated heterocycles. The Kier molecular flexibility index (Phi) is 4.21. The Hall–Kier alpha value is -1.61. The van der Waals surface area contributed by atoms with E-state index in [4.69, 9.17) is 0 Å². The van der Waals surface area contributed by atoms with Gasteiger partial charge in [-0.1, -0.05) is 43.3 Å². The summed E-state index contributed by atoms with van der Waals surface area (Å²) in [6, 6.07) is 12.7. The van der Waals surface area contributed by atoms with Crippen molar-refractivity contribution in [2.24, 2.45) is 0 Å². The fraction of sp³-hybridized carbons (Fsp3) is 0.571. The molecule has 3 aliphatic heterocycles. The minimum absolute atomic E-state index is 0.370. The molecule has 0 unspecified atom stereocenters. The Bertz CT molecular complexity index is 618. The molecule has 3 fully saturated rings. The molecule has 3 heteroatoms. The van der Waals surface area contributed by atoms with Crippen LogP contribution in [0.5, 0.6) is 0 Å². The van der Waals surface area contributed by atoms with Crippen molar-refractivity contribution in [1.29, 1.82) is 0 Å². The fourth-order valence-electron chi connectivity index (χ4n) is 5.25. The van der Waals surface area contributed by atoms with Gasteiger partial charge in [0.15, 0.2) is 0 Å². The van der Waals surface area contributed by atoms with Gasteiger partial charge in [0, 0.05) is 37.1 Å². The lowest BCUT2D eigenvalue weighted by Crippen LogP contribution is -2.61. The molecule has 0 spiro atoms.